The number of aliphatic hydroxyl groups excluding tert-OH is 1. The van der Waals surface area contributed by atoms with Crippen LogP contribution < -0.4 is 0 Å². The number of ether oxygens (including phenoxy) is 1. The molecule has 1 aromatic carbocycles. The highest BCUT2D eigenvalue weighted by molar-refractivity contribution is 5.68. The van der Waals surface area contributed by atoms with Gasteiger partial charge in [-0.1, -0.05) is 30.3 Å². The Hall–Kier alpha value is -1.55. The number of rotatable bonds is 3. The van der Waals surface area contributed by atoms with Crippen molar-refractivity contribution >= 4 is 6.09 Å². The van der Waals surface area contributed by atoms with Gasteiger partial charge in [-0.25, -0.2) is 4.79 Å². The lowest BCUT2D eigenvalue weighted by atomic mass is 9.99. The Bertz CT molecular complexity index is 353. The summed E-state index contributed by atoms with van der Waals surface area (Å²) in [5.74, 6) is 0.199. The van der Waals surface area contributed by atoms with Crippen LogP contribution in [0.2, 0.25) is 0 Å². The summed E-state index contributed by atoms with van der Waals surface area (Å²) in [5.41, 5.74) is 1.16. The summed E-state index contributed by atoms with van der Waals surface area (Å²) in [5, 5.41) is 8.84. The second-order valence-electron chi connectivity index (χ2n) is 3.85. The van der Waals surface area contributed by atoms with Gasteiger partial charge in [-0.05, 0) is 5.56 Å². The first-order valence-corrected chi connectivity index (χ1v) is 5.39. The molecule has 1 heterocycles. The quantitative estimate of drug-likeness (QED) is 0.834. The fourth-order valence-electron chi connectivity index (χ4n) is 1.89. The Labute approximate surface area is 94.4 Å². The van der Waals surface area contributed by atoms with Gasteiger partial charge in [0.15, 0.2) is 0 Å². The van der Waals surface area contributed by atoms with Crippen LogP contribution in [0.1, 0.15) is 11.5 Å². The number of cyclic esters (lactones) is 1. The van der Waals surface area contributed by atoms with Crippen LogP contribution in [0.25, 0.3) is 0 Å². The molecule has 1 aromatic rings. The van der Waals surface area contributed by atoms with Crippen molar-refractivity contribution in [2.24, 2.45) is 0 Å². The summed E-state index contributed by atoms with van der Waals surface area (Å²) in [4.78, 5) is 12.9. The molecule has 4 nitrogen and oxygen atoms in total. The average Bonchev–Trinajstić information content (AvgIpc) is 2.33. The molecule has 1 N–H and O–H groups in total. The number of benzene rings is 1. The molecule has 1 amide bonds. The zero-order valence-corrected chi connectivity index (χ0v) is 9.00. The number of carbonyl (C=O) groups is 1. The zero-order chi connectivity index (χ0) is 11.4. The normalized spacial score (nSPS) is 20.7. The predicted molar refractivity (Wildman–Crippen MR) is 59.2 cm³/mol. The summed E-state index contributed by atoms with van der Waals surface area (Å²) in [6.45, 7) is 1.34. The van der Waals surface area contributed by atoms with Gasteiger partial charge in [-0.3, -0.25) is 0 Å². The number of nitrogens with zero attached hydrogens (tertiary/aromatic N) is 1. The van der Waals surface area contributed by atoms with Crippen LogP contribution in [-0.2, 0) is 4.74 Å². The van der Waals surface area contributed by atoms with E-state index < -0.39 is 0 Å². The van der Waals surface area contributed by atoms with E-state index in [-0.39, 0.29) is 18.6 Å². The number of β-amino-alcohol motifs (C(OH)–C–C–N with tert-alkyl or cyclic N) is 1. The summed E-state index contributed by atoms with van der Waals surface area (Å²) in [6.07, 6.45) is -0.332. The minimum atomic E-state index is -0.332. The van der Waals surface area contributed by atoms with E-state index in [1.165, 1.54) is 0 Å². The van der Waals surface area contributed by atoms with E-state index in [0.29, 0.717) is 19.7 Å². The van der Waals surface area contributed by atoms with Gasteiger partial charge in [0, 0.05) is 19.0 Å². The third-order valence-electron chi connectivity index (χ3n) is 2.75. The number of carbonyl (C=O) groups excluding carboxylic acids is 1. The largest absolute Gasteiger partial charge is 0.449 e. The zero-order valence-electron chi connectivity index (χ0n) is 9.00. The molecule has 86 valence electrons. The Morgan fingerprint density at radius 1 is 1.38 bits per heavy atom. The molecule has 1 aliphatic rings. The minimum Gasteiger partial charge on any atom is -0.449 e. The Balaban J connectivity index is 2.05. The number of hydrogen-bond donors (Lipinski definition) is 1. The van der Waals surface area contributed by atoms with Crippen LogP contribution in [0.5, 0.6) is 0 Å². The maximum atomic E-state index is 11.4. The molecular weight excluding hydrogens is 206 g/mol. The lowest BCUT2D eigenvalue weighted by Crippen LogP contribution is -2.43. The Kier molecular flexibility index (Phi) is 3.41. The standard InChI is InChI=1S/C12H15NO3/c14-7-6-13-8-11(9-16-12(13)15)10-4-2-1-3-5-10/h1-5,11,14H,6-9H2. The molecule has 1 unspecified atom stereocenters. The van der Waals surface area contributed by atoms with Gasteiger partial charge in [0.1, 0.15) is 6.61 Å². The fraction of sp³-hybridized carbons (Fsp3) is 0.417. The molecule has 2 rings (SSSR count). The monoisotopic (exact) mass is 221 g/mol. The second kappa shape index (κ2) is 4.99. The van der Waals surface area contributed by atoms with E-state index in [2.05, 4.69) is 0 Å². The van der Waals surface area contributed by atoms with Crippen molar-refractivity contribution in [3.63, 3.8) is 0 Å². The van der Waals surface area contributed by atoms with E-state index in [4.69, 9.17) is 9.84 Å². The van der Waals surface area contributed by atoms with Crippen LogP contribution in [0.3, 0.4) is 0 Å². The third-order valence-corrected chi connectivity index (χ3v) is 2.75. The first-order chi connectivity index (χ1) is 7.81. The summed E-state index contributed by atoms with van der Waals surface area (Å²) in [6, 6.07) is 9.97. The maximum absolute atomic E-state index is 11.4. The van der Waals surface area contributed by atoms with E-state index in [1.807, 2.05) is 30.3 Å². The van der Waals surface area contributed by atoms with Crippen molar-refractivity contribution in [2.75, 3.05) is 26.3 Å². The molecular formula is C12H15NO3. The molecule has 0 radical (unpaired) electrons. The van der Waals surface area contributed by atoms with Crippen molar-refractivity contribution in [3.8, 4) is 0 Å². The van der Waals surface area contributed by atoms with Gasteiger partial charge in [0.05, 0.1) is 6.61 Å². The molecule has 4 heteroatoms. The first-order valence-electron chi connectivity index (χ1n) is 5.39. The van der Waals surface area contributed by atoms with Gasteiger partial charge in [-0.2, -0.15) is 0 Å². The van der Waals surface area contributed by atoms with E-state index >= 15 is 0 Å². The van der Waals surface area contributed by atoms with E-state index in [9.17, 15) is 4.79 Å². The van der Waals surface area contributed by atoms with Gasteiger partial charge >= 0.3 is 6.09 Å². The third kappa shape index (κ3) is 2.33. The number of amides is 1. The summed E-state index contributed by atoms with van der Waals surface area (Å²) in [7, 11) is 0. The van der Waals surface area contributed by atoms with Crippen LogP contribution in [-0.4, -0.2) is 42.4 Å². The number of hydrogen-bond acceptors (Lipinski definition) is 3. The average molecular weight is 221 g/mol. The van der Waals surface area contributed by atoms with Crippen LogP contribution in [0, 0.1) is 0 Å². The van der Waals surface area contributed by atoms with Crippen molar-refractivity contribution in [1.82, 2.24) is 4.90 Å². The van der Waals surface area contributed by atoms with Crippen molar-refractivity contribution in [1.29, 1.82) is 0 Å². The molecule has 0 spiro atoms. The molecule has 0 aliphatic carbocycles. The van der Waals surface area contributed by atoms with Gasteiger partial charge in [0.25, 0.3) is 0 Å². The van der Waals surface area contributed by atoms with Crippen LogP contribution in [0.4, 0.5) is 4.79 Å². The molecule has 1 fully saturated rings. The predicted octanol–water partition coefficient (Wildman–Crippen LogP) is 1.21. The van der Waals surface area contributed by atoms with Crippen molar-refractivity contribution in [3.05, 3.63) is 35.9 Å². The smallest absolute Gasteiger partial charge is 0.409 e. The molecule has 0 saturated carbocycles. The molecule has 1 aliphatic heterocycles. The highest BCUT2D eigenvalue weighted by Gasteiger charge is 2.27. The molecule has 0 bridgehead atoms. The summed E-state index contributed by atoms with van der Waals surface area (Å²) < 4.78 is 5.09. The fourth-order valence-corrected chi connectivity index (χ4v) is 1.89. The first kappa shape index (κ1) is 11.0. The number of aliphatic hydroxyl groups is 1. The lowest BCUT2D eigenvalue weighted by Gasteiger charge is -2.31. The van der Waals surface area contributed by atoms with Gasteiger partial charge in [-0.15, -0.1) is 0 Å². The van der Waals surface area contributed by atoms with Crippen LogP contribution in [0.15, 0.2) is 30.3 Å². The topological polar surface area (TPSA) is 49.8 Å². The molecule has 1 atom stereocenters. The SMILES string of the molecule is O=C1OCC(c2ccccc2)CN1CCO. The Morgan fingerprint density at radius 2 is 2.12 bits per heavy atom. The van der Waals surface area contributed by atoms with E-state index in [0.717, 1.165) is 5.56 Å². The molecule has 16 heavy (non-hydrogen) atoms. The highest BCUT2D eigenvalue weighted by Crippen LogP contribution is 2.21. The van der Waals surface area contributed by atoms with Crippen molar-refractivity contribution < 1.29 is 14.6 Å². The van der Waals surface area contributed by atoms with E-state index in [1.54, 1.807) is 4.90 Å². The lowest BCUT2D eigenvalue weighted by molar-refractivity contribution is 0.0547. The highest BCUT2D eigenvalue weighted by atomic mass is 16.6. The minimum absolute atomic E-state index is 0.0311. The van der Waals surface area contributed by atoms with Crippen molar-refractivity contribution in [2.45, 2.75) is 5.92 Å². The van der Waals surface area contributed by atoms with Crippen LogP contribution >= 0.6 is 0 Å². The van der Waals surface area contributed by atoms with Gasteiger partial charge < -0.3 is 14.7 Å². The Morgan fingerprint density at radius 3 is 2.81 bits per heavy atom. The second-order valence-corrected chi connectivity index (χ2v) is 3.85. The van der Waals surface area contributed by atoms with Gasteiger partial charge in [0.2, 0.25) is 0 Å². The molecule has 1 saturated heterocycles. The molecule has 0 aromatic heterocycles. The maximum Gasteiger partial charge on any atom is 0.409 e. The summed E-state index contributed by atoms with van der Waals surface area (Å²) >= 11 is 0.